The normalized spacial score (nSPS) is 12.5. The molecular formula is C11H13ClF2INO2. The predicted octanol–water partition coefficient (Wildman–Crippen LogP) is 2.91. The molecule has 0 saturated heterocycles. The third-order valence-corrected chi connectivity index (χ3v) is 2.82. The number of ether oxygens (including phenoxy) is 1. The van der Waals surface area contributed by atoms with Crippen LogP contribution < -0.4 is 5.73 Å². The van der Waals surface area contributed by atoms with Crippen LogP contribution in [0.2, 0.25) is 0 Å². The molecule has 1 aromatic rings. The van der Waals surface area contributed by atoms with Gasteiger partial charge in [-0.1, -0.05) is 12.1 Å². The first-order valence-electron chi connectivity index (χ1n) is 4.95. The van der Waals surface area contributed by atoms with E-state index in [1.165, 1.54) is 19.1 Å². The molecule has 1 aromatic carbocycles. The summed E-state index contributed by atoms with van der Waals surface area (Å²) in [5.74, 6) is -5.31. The van der Waals surface area contributed by atoms with Gasteiger partial charge in [-0.3, -0.25) is 0 Å². The van der Waals surface area contributed by atoms with Gasteiger partial charge in [0.15, 0.2) is 0 Å². The van der Waals surface area contributed by atoms with Crippen molar-refractivity contribution in [3.05, 3.63) is 33.4 Å². The lowest BCUT2D eigenvalue weighted by molar-refractivity contribution is -0.174. The quantitative estimate of drug-likeness (QED) is 0.634. The summed E-state index contributed by atoms with van der Waals surface area (Å²) < 4.78 is 32.3. The molecule has 0 heterocycles. The van der Waals surface area contributed by atoms with Crippen LogP contribution in [0.1, 0.15) is 18.5 Å². The summed E-state index contributed by atoms with van der Waals surface area (Å²) in [5, 5.41) is 0. The highest BCUT2D eigenvalue weighted by Crippen LogP contribution is 2.31. The van der Waals surface area contributed by atoms with E-state index in [1.807, 2.05) is 22.6 Å². The number of hydrogen-bond donors (Lipinski definition) is 1. The Bertz CT molecular complexity index is 418. The summed E-state index contributed by atoms with van der Waals surface area (Å²) in [5.41, 5.74) is 5.62. The van der Waals surface area contributed by atoms with Crippen LogP contribution in [0.15, 0.2) is 24.3 Å². The Kier molecular flexibility index (Phi) is 7.01. The Labute approximate surface area is 124 Å². The van der Waals surface area contributed by atoms with Crippen molar-refractivity contribution >= 4 is 41.0 Å². The number of benzene rings is 1. The number of carbonyl (C=O) groups is 1. The van der Waals surface area contributed by atoms with Gasteiger partial charge in [0.1, 0.15) is 6.04 Å². The summed E-state index contributed by atoms with van der Waals surface area (Å²) in [6.45, 7) is 1.36. The zero-order valence-electron chi connectivity index (χ0n) is 9.53. The van der Waals surface area contributed by atoms with Crippen molar-refractivity contribution in [2.75, 3.05) is 6.61 Å². The average Bonchev–Trinajstić information content (AvgIpc) is 2.28. The molecule has 0 fully saturated rings. The third kappa shape index (κ3) is 4.03. The van der Waals surface area contributed by atoms with E-state index >= 15 is 0 Å². The summed E-state index contributed by atoms with van der Waals surface area (Å²) >= 11 is 1.98. The summed E-state index contributed by atoms with van der Waals surface area (Å²) in [7, 11) is 0. The number of rotatable bonds is 4. The lowest BCUT2D eigenvalue weighted by Gasteiger charge is -2.21. The summed E-state index contributed by atoms with van der Waals surface area (Å²) in [6, 6.07) is 4.63. The lowest BCUT2D eigenvalue weighted by atomic mass is 10.0. The first-order valence-corrected chi connectivity index (χ1v) is 6.03. The van der Waals surface area contributed by atoms with Gasteiger partial charge in [-0.15, -0.1) is 12.4 Å². The number of hydrogen-bond acceptors (Lipinski definition) is 3. The summed E-state index contributed by atoms with van der Waals surface area (Å²) in [4.78, 5) is 11.1. The van der Waals surface area contributed by atoms with Crippen LogP contribution in [-0.4, -0.2) is 18.5 Å². The van der Waals surface area contributed by atoms with E-state index in [0.29, 0.717) is 0 Å². The van der Waals surface area contributed by atoms with Crippen LogP contribution in [0, 0.1) is 3.57 Å². The maximum atomic E-state index is 13.6. The summed E-state index contributed by atoms with van der Waals surface area (Å²) in [6.07, 6.45) is 0. The maximum absolute atomic E-state index is 13.6. The first-order chi connectivity index (χ1) is 7.89. The second kappa shape index (κ2) is 7.20. The van der Waals surface area contributed by atoms with Crippen LogP contribution in [0.5, 0.6) is 0 Å². The molecule has 0 unspecified atom stereocenters. The van der Waals surface area contributed by atoms with E-state index in [1.54, 1.807) is 12.1 Å². The third-order valence-electron chi connectivity index (χ3n) is 2.15. The Morgan fingerprint density at radius 2 is 2.17 bits per heavy atom. The van der Waals surface area contributed by atoms with Crippen LogP contribution in [0.25, 0.3) is 0 Å². The minimum atomic E-state index is -3.72. The largest absolute Gasteiger partial charge is 0.462 e. The number of esters is 1. The monoisotopic (exact) mass is 391 g/mol. The SMILES string of the molecule is CCOC(=O)C(F)(F)[C@H](N)c1cccc(I)c1.Cl. The molecule has 1 rings (SSSR count). The molecule has 0 saturated carbocycles. The molecule has 102 valence electrons. The zero-order chi connectivity index (χ0) is 13.1. The van der Waals surface area contributed by atoms with Gasteiger partial charge in [0.2, 0.25) is 0 Å². The van der Waals surface area contributed by atoms with Gasteiger partial charge >= 0.3 is 11.9 Å². The Morgan fingerprint density at radius 1 is 1.56 bits per heavy atom. The van der Waals surface area contributed by atoms with Crippen molar-refractivity contribution in [1.29, 1.82) is 0 Å². The highest BCUT2D eigenvalue weighted by molar-refractivity contribution is 14.1. The fraction of sp³-hybridized carbons (Fsp3) is 0.364. The van der Waals surface area contributed by atoms with Crippen molar-refractivity contribution in [3.8, 4) is 0 Å². The second-order valence-electron chi connectivity index (χ2n) is 3.38. The van der Waals surface area contributed by atoms with Crippen LogP contribution in [0.3, 0.4) is 0 Å². The van der Waals surface area contributed by atoms with E-state index in [4.69, 9.17) is 5.73 Å². The Morgan fingerprint density at radius 3 is 2.67 bits per heavy atom. The average molecular weight is 392 g/mol. The van der Waals surface area contributed by atoms with Crippen molar-refractivity contribution < 1.29 is 18.3 Å². The van der Waals surface area contributed by atoms with Crippen molar-refractivity contribution in [1.82, 2.24) is 0 Å². The first kappa shape index (κ1) is 17.5. The molecule has 0 aromatic heterocycles. The van der Waals surface area contributed by atoms with Gasteiger partial charge in [-0.25, -0.2) is 4.79 Å². The van der Waals surface area contributed by atoms with Gasteiger partial charge in [0, 0.05) is 3.57 Å². The molecule has 1 atom stereocenters. The van der Waals surface area contributed by atoms with Gasteiger partial charge < -0.3 is 10.5 Å². The zero-order valence-corrected chi connectivity index (χ0v) is 12.5. The van der Waals surface area contributed by atoms with E-state index < -0.39 is 17.9 Å². The maximum Gasteiger partial charge on any atom is 0.379 e. The minimum absolute atomic E-state index is 0. The fourth-order valence-corrected chi connectivity index (χ4v) is 1.83. The van der Waals surface area contributed by atoms with Crippen molar-refractivity contribution in [2.45, 2.75) is 18.9 Å². The standard InChI is InChI=1S/C11H12F2INO2.ClH/c1-2-17-10(16)11(12,13)9(15)7-4-3-5-8(14)6-7;/h3-6,9H,2,15H2,1H3;1H/t9-;/m1./s1. The number of halogens is 4. The number of carbonyl (C=O) groups excluding carboxylic acids is 1. The molecular weight excluding hydrogens is 378 g/mol. The van der Waals surface area contributed by atoms with Gasteiger partial charge in [0.25, 0.3) is 0 Å². The molecule has 3 nitrogen and oxygen atoms in total. The second-order valence-corrected chi connectivity index (χ2v) is 4.62. The minimum Gasteiger partial charge on any atom is -0.462 e. The molecule has 0 bridgehead atoms. The lowest BCUT2D eigenvalue weighted by Crippen LogP contribution is -2.41. The molecule has 0 aliphatic rings. The smallest absolute Gasteiger partial charge is 0.379 e. The molecule has 0 amide bonds. The number of alkyl halides is 2. The molecule has 0 aliphatic heterocycles. The number of nitrogens with two attached hydrogens (primary N) is 1. The predicted molar refractivity (Wildman–Crippen MR) is 74.9 cm³/mol. The topological polar surface area (TPSA) is 52.3 Å². The molecule has 7 heteroatoms. The Balaban J connectivity index is 0.00000289. The van der Waals surface area contributed by atoms with Gasteiger partial charge in [-0.2, -0.15) is 8.78 Å². The molecule has 2 N–H and O–H groups in total. The van der Waals surface area contributed by atoms with E-state index in [9.17, 15) is 13.6 Å². The fourth-order valence-electron chi connectivity index (χ4n) is 1.26. The van der Waals surface area contributed by atoms with Crippen LogP contribution in [-0.2, 0) is 9.53 Å². The molecule has 0 spiro atoms. The Hall–Kier alpha value is -0.470. The molecule has 0 radical (unpaired) electrons. The molecule has 18 heavy (non-hydrogen) atoms. The van der Waals surface area contributed by atoms with Crippen molar-refractivity contribution in [3.63, 3.8) is 0 Å². The van der Waals surface area contributed by atoms with Gasteiger partial charge in [-0.05, 0) is 47.2 Å². The van der Waals surface area contributed by atoms with Crippen LogP contribution >= 0.6 is 35.0 Å². The van der Waals surface area contributed by atoms with Gasteiger partial charge in [0.05, 0.1) is 6.61 Å². The van der Waals surface area contributed by atoms with E-state index in [-0.39, 0.29) is 24.6 Å². The highest BCUT2D eigenvalue weighted by atomic mass is 127. The van der Waals surface area contributed by atoms with E-state index in [2.05, 4.69) is 4.74 Å². The highest BCUT2D eigenvalue weighted by Gasteiger charge is 2.47. The van der Waals surface area contributed by atoms with Crippen molar-refractivity contribution in [2.24, 2.45) is 5.73 Å². The van der Waals surface area contributed by atoms with Crippen LogP contribution in [0.4, 0.5) is 8.78 Å². The van der Waals surface area contributed by atoms with E-state index in [0.717, 1.165) is 3.57 Å². The molecule has 0 aliphatic carbocycles.